The zero-order valence-corrected chi connectivity index (χ0v) is 13.5. The van der Waals surface area contributed by atoms with Crippen LogP contribution in [0.4, 0.5) is 0 Å². The van der Waals surface area contributed by atoms with Gasteiger partial charge in [0.1, 0.15) is 0 Å². The maximum atomic E-state index is 2.20. The molecule has 0 unspecified atom stereocenters. The molecule has 0 radical (unpaired) electrons. The number of aryl methyl sites for hydroxylation is 5. The lowest BCUT2D eigenvalue weighted by molar-refractivity contribution is 1.30. The van der Waals surface area contributed by atoms with E-state index in [2.05, 4.69) is 77.1 Å². The molecule has 0 heterocycles. The Labute approximate surface area is 119 Å². The molecule has 0 aliphatic heterocycles. The standard InChI is InChI=1S/C9H12.C8H10.C2H6/c1-7-4-5-8(2)9(3)6-7;1-7-4-3-5-8(2)6-7;1-2/h4-6H,1-3H3;3-6H,1-2H3;1-2H3. The Morgan fingerprint density at radius 1 is 0.526 bits per heavy atom. The summed E-state index contributed by atoms with van der Waals surface area (Å²) in [6.07, 6.45) is 0. The van der Waals surface area contributed by atoms with Gasteiger partial charge in [0.2, 0.25) is 0 Å². The molecule has 0 amide bonds. The molecule has 0 saturated heterocycles. The van der Waals surface area contributed by atoms with E-state index in [1.54, 1.807) is 0 Å². The highest BCUT2D eigenvalue weighted by Crippen LogP contribution is 2.07. The Morgan fingerprint density at radius 2 is 1.00 bits per heavy atom. The van der Waals surface area contributed by atoms with Crippen molar-refractivity contribution >= 4 is 0 Å². The lowest BCUT2D eigenvalue weighted by Gasteiger charge is -1.98. The molecule has 2 aromatic carbocycles. The van der Waals surface area contributed by atoms with Crippen LogP contribution in [0.5, 0.6) is 0 Å². The van der Waals surface area contributed by atoms with Gasteiger partial charge < -0.3 is 0 Å². The molecule has 0 atom stereocenters. The second kappa shape index (κ2) is 9.38. The molecule has 0 aliphatic rings. The first kappa shape index (κ1) is 17.4. The van der Waals surface area contributed by atoms with E-state index in [0.29, 0.717) is 0 Å². The van der Waals surface area contributed by atoms with Gasteiger partial charge in [0.25, 0.3) is 0 Å². The van der Waals surface area contributed by atoms with E-state index in [0.717, 1.165) is 0 Å². The van der Waals surface area contributed by atoms with Gasteiger partial charge in [-0.05, 0) is 45.7 Å². The van der Waals surface area contributed by atoms with Crippen LogP contribution in [-0.4, -0.2) is 0 Å². The minimum Gasteiger partial charge on any atom is -0.0683 e. The minimum absolute atomic E-state index is 1.34. The Balaban J connectivity index is 0.000000303. The summed E-state index contributed by atoms with van der Waals surface area (Å²) in [4.78, 5) is 0. The van der Waals surface area contributed by atoms with Crippen LogP contribution in [0.3, 0.4) is 0 Å². The van der Waals surface area contributed by atoms with Crippen molar-refractivity contribution in [3.63, 3.8) is 0 Å². The van der Waals surface area contributed by atoms with Crippen LogP contribution in [0.25, 0.3) is 0 Å². The summed E-state index contributed by atoms with van der Waals surface area (Å²) < 4.78 is 0. The zero-order valence-electron chi connectivity index (χ0n) is 13.5. The molecular weight excluding hydrogens is 228 g/mol. The van der Waals surface area contributed by atoms with E-state index in [4.69, 9.17) is 0 Å². The van der Waals surface area contributed by atoms with Crippen molar-refractivity contribution in [3.05, 3.63) is 70.3 Å². The van der Waals surface area contributed by atoms with Crippen molar-refractivity contribution in [2.24, 2.45) is 0 Å². The number of hydrogen-bond donors (Lipinski definition) is 0. The number of benzene rings is 2. The van der Waals surface area contributed by atoms with Crippen molar-refractivity contribution < 1.29 is 0 Å². The summed E-state index contributed by atoms with van der Waals surface area (Å²) in [5.74, 6) is 0. The summed E-state index contributed by atoms with van der Waals surface area (Å²) in [6.45, 7) is 14.6. The first-order valence-corrected chi connectivity index (χ1v) is 7.06. The maximum absolute atomic E-state index is 2.20. The molecule has 2 aromatic rings. The van der Waals surface area contributed by atoms with E-state index in [9.17, 15) is 0 Å². The fraction of sp³-hybridized carbons (Fsp3) is 0.368. The lowest BCUT2D eigenvalue weighted by Crippen LogP contribution is -1.79. The van der Waals surface area contributed by atoms with Gasteiger partial charge >= 0.3 is 0 Å². The highest BCUT2D eigenvalue weighted by Gasteiger charge is 1.89. The van der Waals surface area contributed by atoms with Gasteiger partial charge in [-0.15, -0.1) is 0 Å². The lowest BCUT2D eigenvalue weighted by atomic mass is 10.1. The van der Waals surface area contributed by atoms with Crippen LogP contribution in [0.2, 0.25) is 0 Å². The number of hydrogen-bond acceptors (Lipinski definition) is 0. The van der Waals surface area contributed by atoms with Crippen LogP contribution in [0.1, 0.15) is 41.7 Å². The highest BCUT2D eigenvalue weighted by molar-refractivity contribution is 5.28. The summed E-state index contributed by atoms with van der Waals surface area (Å²) in [6, 6.07) is 15.0. The first-order valence-electron chi connectivity index (χ1n) is 7.06. The fourth-order valence-electron chi connectivity index (χ4n) is 1.70. The third-order valence-electron chi connectivity index (χ3n) is 2.84. The van der Waals surface area contributed by atoms with Gasteiger partial charge in [0.15, 0.2) is 0 Å². The molecule has 0 nitrogen and oxygen atoms in total. The summed E-state index contributed by atoms with van der Waals surface area (Å²) in [5.41, 5.74) is 6.78. The molecule has 0 bridgehead atoms. The Bertz CT molecular complexity index is 464. The van der Waals surface area contributed by atoms with E-state index in [1.165, 1.54) is 27.8 Å². The van der Waals surface area contributed by atoms with Crippen molar-refractivity contribution in [3.8, 4) is 0 Å². The zero-order chi connectivity index (χ0) is 14.8. The van der Waals surface area contributed by atoms with Gasteiger partial charge in [-0.3, -0.25) is 0 Å². The Morgan fingerprint density at radius 3 is 1.32 bits per heavy atom. The predicted octanol–water partition coefficient (Wildman–Crippen LogP) is 5.94. The predicted molar refractivity (Wildman–Crippen MR) is 87.9 cm³/mol. The van der Waals surface area contributed by atoms with Gasteiger partial charge in [0.05, 0.1) is 0 Å². The van der Waals surface area contributed by atoms with E-state index in [-0.39, 0.29) is 0 Å². The highest BCUT2D eigenvalue weighted by atomic mass is 13.9. The van der Waals surface area contributed by atoms with E-state index < -0.39 is 0 Å². The van der Waals surface area contributed by atoms with Crippen molar-refractivity contribution in [2.75, 3.05) is 0 Å². The van der Waals surface area contributed by atoms with Crippen molar-refractivity contribution in [2.45, 2.75) is 48.5 Å². The minimum atomic E-state index is 1.34. The smallest absolute Gasteiger partial charge is 0.0395 e. The second-order valence-corrected chi connectivity index (χ2v) is 4.75. The third-order valence-corrected chi connectivity index (χ3v) is 2.84. The molecular formula is C19H28. The monoisotopic (exact) mass is 256 g/mol. The van der Waals surface area contributed by atoms with E-state index >= 15 is 0 Å². The quantitative estimate of drug-likeness (QED) is 0.547. The summed E-state index contributed by atoms with van der Waals surface area (Å²) in [7, 11) is 0. The molecule has 0 N–H and O–H groups in total. The summed E-state index contributed by atoms with van der Waals surface area (Å²) in [5, 5.41) is 0. The third kappa shape index (κ3) is 7.46. The van der Waals surface area contributed by atoms with Gasteiger partial charge in [-0.1, -0.05) is 73.0 Å². The van der Waals surface area contributed by atoms with Crippen molar-refractivity contribution in [1.29, 1.82) is 0 Å². The molecule has 0 fully saturated rings. The van der Waals surface area contributed by atoms with Crippen LogP contribution >= 0.6 is 0 Å². The topological polar surface area (TPSA) is 0 Å². The number of rotatable bonds is 0. The molecule has 2 rings (SSSR count). The second-order valence-electron chi connectivity index (χ2n) is 4.75. The Hall–Kier alpha value is -1.56. The largest absolute Gasteiger partial charge is 0.0683 e. The average Bonchev–Trinajstić information content (AvgIpc) is 2.37. The van der Waals surface area contributed by atoms with Gasteiger partial charge in [-0.2, -0.15) is 0 Å². The molecule has 19 heavy (non-hydrogen) atoms. The molecule has 0 aliphatic carbocycles. The van der Waals surface area contributed by atoms with Gasteiger partial charge in [0, 0.05) is 0 Å². The van der Waals surface area contributed by atoms with Crippen molar-refractivity contribution in [1.82, 2.24) is 0 Å². The normalized spacial score (nSPS) is 8.79. The van der Waals surface area contributed by atoms with Crippen LogP contribution in [0.15, 0.2) is 42.5 Å². The Kier molecular flexibility index (Phi) is 8.61. The average molecular weight is 256 g/mol. The van der Waals surface area contributed by atoms with Crippen LogP contribution < -0.4 is 0 Å². The summed E-state index contributed by atoms with van der Waals surface area (Å²) >= 11 is 0. The molecule has 0 saturated carbocycles. The molecule has 0 heteroatoms. The molecule has 0 aromatic heterocycles. The van der Waals surface area contributed by atoms with E-state index in [1.807, 2.05) is 13.8 Å². The molecule has 104 valence electrons. The van der Waals surface area contributed by atoms with Gasteiger partial charge in [-0.25, -0.2) is 0 Å². The maximum Gasteiger partial charge on any atom is -0.0395 e. The SMILES string of the molecule is CC.Cc1ccc(C)c(C)c1.Cc1cccc(C)c1. The molecule has 0 spiro atoms. The first-order chi connectivity index (χ1) is 8.99. The van der Waals surface area contributed by atoms with Crippen LogP contribution in [-0.2, 0) is 0 Å². The van der Waals surface area contributed by atoms with Crippen LogP contribution in [0, 0.1) is 34.6 Å². The fourth-order valence-corrected chi connectivity index (χ4v) is 1.70.